The van der Waals surface area contributed by atoms with Crippen molar-refractivity contribution in [2.24, 2.45) is 0 Å². The van der Waals surface area contributed by atoms with E-state index >= 15 is 0 Å². The quantitative estimate of drug-likeness (QED) is 0.724. The molecule has 0 spiro atoms. The summed E-state index contributed by atoms with van der Waals surface area (Å²) in [6, 6.07) is 16.8. The molecule has 21 heavy (non-hydrogen) atoms. The molecule has 2 aromatic rings. The minimum absolute atomic E-state index is 0.717. The second-order valence-electron chi connectivity index (χ2n) is 5.02. The fourth-order valence-corrected chi connectivity index (χ4v) is 2.38. The van der Waals surface area contributed by atoms with Gasteiger partial charge in [0.1, 0.15) is 5.75 Å². The highest BCUT2D eigenvalue weighted by molar-refractivity contribution is 6.17. The Morgan fingerprint density at radius 3 is 2.52 bits per heavy atom. The van der Waals surface area contributed by atoms with Gasteiger partial charge in [0, 0.05) is 18.1 Å². The molecule has 2 rings (SSSR count). The van der Waals surface area contributed by atoms with Crippen molar-refractivity contribution in [2.45, 2.75) is 19.3 Å². The highest BCUT2D eigenvalue weighted by Gasteiger charge is 1.98. The van der Waals surface area contributed by atoms with E-state index in [0.29, 0.717) is 0 Å². The Bertz CT molecular complexity index is 539. The molecule has 2 aromatic carbocycles. The predicted molar refractivity (Wildman–Crippen MR) is 90.7 cm³/mol. The summed E-state index contributed by atoms with van der Waals surface area (Å²) in [6.07, 6.45) is 3.06. The molecule has 0 aliphatic carbocycles. The molecular formula is C18H22ClNO. The van der Waals surface area contributed by atoms with Crippen LogP contribution in [-0.4, -0.2) is 19.5 Å². The molecule has 0 aromatic heterocycles. The molecule has 0 saturated heterocycles. The lowest BCUT2D eigenvalue weighted by Crippen LogP contribution is -2.05. The largest absolute Gasteiger partial charge is 0.497 e. The van der Waals surface area contributed by atoms with Gasteiger partial charge in [-0.15, -0.1) is 11.6 Å². The van der Waals surface area contributed by atoms with Crippen LogP contribution in [0.15, 0.2) is 48.5 Å². The van der Waals surface area contributed by atoms with Crippen molar-refractivity contribution in [3.8, 4) is 5.75 Å². The number of nitrogens with one attached hydrogen (secondary N) is 1. The summed E-state index contributed by atoms with van der Waals surface area (Å²) < 4.78 is 5.16. The number of alkyl halides is 1. The number of aryl methyl sites for hydroxylation is 1. The Morgan fingerprint density at radius 2 is 1.81 bits per heavy atom. The fraction of sp³-hybridized carbons (Fsp3) is 0.333. The van der Waals surface area contributed by atoms with Crippen molar-refractivity contribution in [1.29, 1.82) is 0 Å². The standard InChI is InChI=1S/C18H22ClNO/c1-21-18-9-7-15(8-10-18)11-13-20-17-6-2-4-16(14-17)5-3-12-19/h2,4,6-10,14,20H,3,5,11-13H2,1H3. The number of halogens is 1. The third-order valence-corrected chi connectivity index (χ3v) is 3.70. The monoisotopic (exact) mass is 303 g/mol. The van der Waals surface area contributed by atoms with Crippen LogP contribution in [0.4, 0.5) is 5.69 Å². The van der Waals surface area contributed by atoms with Gasteiger partial charge in [-0.1, -0.05) is 24.3 Å². The van der Waals surface area contributed by atoms with Crippen LogP contribution in [0, 0.1) is 0 Å². The van der Waals surface area contributed by atoms with Gasteiger partial charge in [0.25, 0.3) is 0 Å². The lowest BCUT2D eigenvalue weighted by molar-refractivity contribution is 0.414. The molecule has 0 saturated carbocycles. The van der Waals surface area contributed by atoms with Gasteiger partial charge in [0.2, 0.25) is 0 Å². The molecule has 112 valence electrons. The zero-order chi connectivity index (χ0) is 14.9. The van der Waals surface area contributed by atoms with Crippen molar-refractivity contribution in [3.05, 3.63) is 59.7 Å². The zero-order valence-corrected chi connectivity index (χ0v) is 13.2. The molecule has 0 fully saturated rings. The molecule has 0 heterocycles. The van der Waals surface area contributed by atoms with Crippen molar-refractivity contribution in [2.75, 3.05) is 24.9 Å². The molecule has 0 aliphatic rings. The maximum Gasteiger partial charge on any atom is 0.118 e. The van der Waals surface area contributed by atoms with E-state index in [2.05, 4.69) is 41.7 Å². The van der Waals surface area contributed by atoms with Crippen molar-refractivity contribution >= 4 is 17.3 Å². The van der Waals surface area contributed by atoms with Crippen LogP contribution in [0.3, 0.4) is 0 Å². The summed E-state index contributed by atoms with van der Waals surface area (Å²) in [6.45, 7) is 0.922. The Hall–Kier alpha value is -1.67. The van der Waals surface area contributed by atoms with Crippen LogP contribution in [0.1, 0.15) is 17.5 Å². The molecule has 0 amide bonds. The Kier molecular flexibility index (Phi) is 6.42. The van der Waals surface area contributed by atoms with Gasteiger partial charge in [0.15, 0.2) is 0 Å². The maximum atomic E-state index is 5.74. The maximum absolute atomic E-state index is 5.74. The molecule has 0 radical (unpaired) electrons. The van der Waals surface area contributed by atoms with Crippen LogP contribution >= 0.6 is 11.6 Å². The van der Waals surface area contributed by atoms with E-state index in [0.717, 1.165) is 37.4 Å². The molecule has 3 heteroatoms. The minimum Gasteiger partial charge on any atom is -0.497 e. The summed E-state index contributed by atoms with van der Waals surface area (Å²) in [5.41, 5.74) is 3.82. The molecule has 0 aliphatic heterocycles. The minimum atomic E-state index is 0.717. The average molecular weight is 304 g/mol. The zero-order valence-electron chi connectivity index (χ0n) is 12.4. The van der Waals surface area contributed by atoms with E-state index in [4.69, 9.17) is 16.3 Å². The number of hydrogen-bond acceptors (Lipinski definition) is 2. The SMILES string of the molecule is COc1ccc(CCNc2cccc(CCCCl)c2)cc1. The van der Waals surface area contributed by atoms with Crippen LogP contribution in [0.2, 0.25) is 0 Å². The molecule has 0 bridgehead atoms. The molecule has 0 unspecified atom stereocenters. The normalized spacial score (nSPS) is 10.4. The summed E-state index contributed by atoms with van der Waals surface area (Å²) in [5.74, 6) is 1.62. The molecule has 1 N–H and O–H groups in total. The van der Waals surface area contributed by atoms with E-state index in [1.54, 1.807) is 7.11 Å². The van der Waals surface area contributed by atoms with Crippen molar-refractivity contribution < 1.29 is 4.74 Å². The number of methoxy groups -OCH3 is 1. The smallest absolute Gasteiger partial charge is 0.118 e. The predicted octanol–water partition coefficient (Wildman–Crippen LogP) is 4.52. The summed E-state index contributed by atoms with van der Waals surface area (Å²) in [4.78, 5) is 0. The van der Waals surface area contributed by atoms with Crippen LogP contribution in [0.5, 0.6) is 5.75 Å². The van der Waals surface area contributed by atoms with Crippen LogP contribution in [-0.2, 0) is 12.8 Å². The van der Waals surface area contributed by atoms with Gasteiger partial charge >= 0.3 is 0 Å². The number of anilines is 1. The first kappa shape index (κ1) is 15.7. The Morgan fingerprint density at radius 1 is 1.00 bits per heavy atom. The second-order valence-corrected chi connectivity index (χ2v) is 5.40. The number of hydrogen-bond donors (Lipinski definition) is 1. The van der Waals surface area contributed by atoms with Gasteiger partial charge in [-0.05, 0) is 54.7 Å². The third-order valence-electron chi connectivity index (χ3n) is 3.43. The van der Waals surface area contributed by atoms with Gasteiger partial charge in [-0.25, -0.2) is 0 Å². The van der Waals surface area contributed by atoms with E-state index in [1.165, 1.54) is 16.8 Å². The van der Waals surface area contributed by atoms with E-state index in [9.17, 15) is 0 Å². The molecule has 0 atom stereocenters. The first-order chi connectivity index (χ1) is 10.3. The first-order valence-electron chi connectivity index (χ1n) is 7.33. The summed E-state index contributed by atoms with van der Waals surface area (Å²) >= 11 is 5.74. The third kappa shape index (κ3) is 5.31. The Labute approximate surface area is 132 Å². The second kappa shape index (κ2) is 8.58. The summed E-state index contributed by atoms with van der Waals surface area (Å²) in [5, 5.41) is 3.47. The van der Waals surface area contributed by atoms with Crippen molar-refractivity contribution in [1.82, 2.24) is 0 Å². The van der Waals surface area contributed by atoms with Crippen LogP contribution < -0.4 is 10.1 Å². The van der Waals surface area contributed by atoms with Crippen LogP contribution in [0.25, 0.3) is 0 Å². The topological polar surface area (TPSA) is 21.3 Å². The lowest BCUT2D eigenvalue weighted by atomic mass is 10.1. The summed E-state index contributed by atoms with van der Waals surface area (Å²) in [7, 11) is 1.69. The molecule has 2 nitrogen and oxygen atoms in total. The number of benzene rings is 2. The van der Waals surface area contributed by atoms with Gasteiger partial charge in [-0.2, -0.15) is 0 Å². The van der Waals surface area contributed by atoms with E-state index < -0.39 is 0 Å². The highest BCUT2D eigenvalue weighted by Crippen LogP contribution is 2.14. The van der Waals surface area contributed by atoms with Gasteiger partial charge in [0.05, 0.1) is 7.11 Å². The Balaban J connectivity index is 1.82. The fourth-order valence-electron chi connectivity index (χ4n) is 2.25. The highest BCUT2D eigenvalue weighted by atomic mass is 35.5. The van der Waals surface area contributed by atoms with E-state index in [1.807, 2.05) is 12.1 Å². The van der Waals surface area contributed by atoms with Crippen molar-refractivity contribution in [3.63, 3.8) is 0 Å². The number of rotatable bonds is 8. The van der Waals surface area contributed by atoms with Gasteiger partial charge in [-0.3, -0.25) is 0 Å². The number of ether oxygens (including phenoxy) is 1. The van der Waals surface area contributed by atoms with E-state index in [-0.39, 0.29) is 0 Å². The first-order valence-corrected chi connectivity index (χ1v) is 7.87. The molecular weight excluding hydrogens is 282 g/mol. The average Bonchev–Trinajstić information content (AvgIpc) is 2.54. The van der Waals surface area contributed by atoms with Gasteiger partial charge < -0.3 is 10.1 Å². The lowest BCUT2D eigenvalue weighted by Gasteiger charge is -2.09.